The maximum atomic E-state index is 12.5. The van der Waals surface area contributed by atoms with Gasteiger partial charge >= 0.3 is 0 Å². The topological polar surface area (TPSA) is 83.0 Å². The number of amides is 1. The summed E-state index contributed by atoms with van der Waals surface area (Å²) in [6, 6.07) is 5.75. The highest BCUT2D eigenvalue weighted by Crippen LogP contribution is 2.33. The lowest BCUT2D eigenvalue weighted by atomic mass is 10.0. The van der Waals surface area contributed by atoms with Crippen molar-refractivity contribution in [1.82, 2.24) is 19.9 Å². The van der Waals surface area contributed by atoms with Gasteiger partial charge in [0.15, 0.2) is 0 Å². The number of anilines is 2. The molecule has 0 saturated heterocycles. The molecule has 1 aliphatic heterocycles. The SMILES string of the molecule is CCN(C)C(=O)C(C)(C)Nc1ccnc(C2CNc3ncccc32)n1. The fraction of sp³-hybridized carbons (Fsp3) is 0.444. The number of fused-ring (bicyclic) bond motifs is 1. The molecule has 132 valence electrons. The lowest BCUT2D eigenvalue weighted by Gasteiger charge is -2.30. The molecule has 3 heterocycles. The van der Waals surface area contributed by atoms with Crippen LogP contribution in [0, 0.1) is 0 Å². The molecule has 0 aliphatic carbocycles. The summed E-state index contributed by atoms with van der Waals surface area (Å²) in [4.78, 5) is 27.6. The highest BCUT2D eigenvalue weighted by molar-refractivity contribution is 5.88. The zero-order chi connectivity index (χ0) is 18.0. The van der Waals surface area contributed by atoms with E-state index in [2.05, 4.69) is 25.6 Å². The second-order valence-electron chi connectivity index (χ2n) is 6.74. The molecule has 0 fully saturated rings. The van der Waals surface area contributed by atoms with Crippen molar-refractivity contribution < 1.29 is 4.79 Å². The van der Waals surface area contributed by atoms with Gasteiger partial charge in [0.1, 0.15) is 23.0 Å². The van der Waals surface area contributed by atoms with Crippen molar-refractivity contribution in [3.63, 3.8) is 0 Å². The van der Waals surface area contributed by atoms with Crippen molar-refractivity contribution in [1.29, 1.82) is 0 Å². The van der Waals surface area contributed by atoms with Gasteiger partial charge in [-0.15, -0.1) is 0 Å². The molecule has 25 heavy (non-hydrogen) atoms. The van der Waals surface area contributed by atoms with Gasteiger partial charge in [-0.1, -0.05) is 6.07 Å². The Morgan fingerprint density at radius 3 is 2.92 bits per heavy atom. The summed E-state index contributed by atoms with van der Waals surface area (Å²) in [5, 5.41) is 6.53. The van der Waals surface area contributed by atoms with Crippen LogP contribution in [-0.4, -0.2) is 51.4 Å². The van der Waals surface area contributed by atoms with Crippen molar-refractivity contribution in [2.24, 2.45) is 0 Å². The van der Waals surface area contributed by atoms with Gasteiger partial charge in [0.25, 0.3) is 0 Å². The van der Waals surface area contributed by atoms with Crippen LogP contribution in [0.15, 0.2) is 30.6 Å². The zero-order valence-electron chi connectivity index (χ0n) is 15.1. The fourth-order valence-corrected chi connectivity index (χ4v) is 2.99. The molecule has 2 N–H and O–H groups in total. The smallest absolute Gasteiger partial charge is 0.247 e. The largest absolute Gasteiger partial charge is 0.369 e. The van der Waals surface area contributed by atoms with Gasteiger partial charge in [0, 0.05) is 38.1 Å². The van der Waals surface area contributed by atoms with Gasteiger partial charge in [-0.05, 0) is 32.9 Å². The van der Waals surface area contributed by atoms with Crippen LogP contribution < -0.4 is 10.6 Å². The van der Waals surface area contributed by atoms with E-state index in [1.807, 2.05) is 32.9 Å². The molecule has 2 aromatic rings. The second-order valence-corrected chi connectivity index (χ2v) is 6.74. The molecule has 0 saturated carbocycles. The summed E-state index contributed by atoms with van der Waals surface area (Å²) in [6.45, 7) is 7.06. The van der Waals surface area contributed by atoms with Crippen LogP contribution in [0.3, 0.4) is 0 Å². The average Bonchev–Trinajstić information content (AvgIpc) is 3.04. The Morgan fingerprint density at radius 2 is 2.16 bits per heavy atom. The van der Waals surface area contributed by atoms with Crippen LogP contribution in [0.2, 0.25) is 0 Å². The number of hydrogen-bond donors (Lipinski definition) is 2. The van der Waals surface area contributed by atoms with E-state index in [1.54, 1.807) is 30.4 Å². The van der Waals surface area contributed by atoms with Gasteiger partial charge in [-0.2, -0.15) is 0 Å². The molecule has 7 nitrogen and oxygen atoms in total. The molecule has 0 aromatic carbocycles. The van der Waals surface area contributed by atoms with Crippen molar-refractivity contribution in [3.05, 3.63) is 42.0 Å². The fourth-order valence-electron chi connectivity index (χ4n) is 2.99. The molecule has 1 unspecified atom stereocenters. The summed E-state index contributed by atoms with van der Waals surface area (Å²) in [5.41, 5.74) is 0.352. The molecule has 2 aromatic heterocycles. The molecule has 1 amide bonds. The maximum Gasteiger partial charge on any atom is 0.247 e. The monoisotopic (exact) mass is 340 g/mol. The first kappa shape index (κ1) is 17.1. The lowest BCUT2D eigenvalue weighted by molar-refractivity contribution is -0.133. The number of nitrogens with one attached hydrogen (secondary N) is 2. The van der Waals surface area contributed by atoms with Gasteiger partial charge in [0.2, 0.25) is 5.91 Å². The van der Waals surface area contributed by atoms with Crippen LogP contribution in [0.1, 0.15) is 38.1 Å². The lowest BCUT2D eigenvalue weighted by Crippen LogP contribution is -2.48. The highest BCUT2D eigenvalue weighted by atomic mass is 16.2. The van der Waals surface area contributed by atoms with Crippen LogP contribution in [0.5, 0.6) is 0 Å². The van der Waals surface area contributed by atoms with Gasteiger partial charge in [-0.3, -0.25) is 4.79 Å². The minimum atomic E-state index is -0.746. The predicted molar refractivity (Wildman–Crippen MR) is 97.6 cm³/mol. The molecular formula is C18H24N6O. The Balaban J connectivity index is 1.82. The summed E-state index contributed by atoms with van der Waals surface area (Å²) >= 11 is 0. The summed E-state index contributed by atoms with van der Waals surface area (Å²) in [5.74, 6) is 2.32. The number of hydrogen-bond acceptors (Lipinski definition) is 6. The number of carbonyl (C=O) groups is 1. The minimum Gasteiger partial charge on any atom is -0.369 e. The number of likely N-dealkylation sites (N-methyl/N-ethyl adjacent to an activating group) is 1. The Kier molecular flexibility index (Phi) is 4.57. The molecule has 0 bridgehead atoms. The third-order valence-electron chi connectivity index (χ3n) is 4.47. The van der Waals surface area contributed by atoms with Crippen LogP contribution in [-0.2, 0) is 4.79 Å². The Labute approximate surface area is 147 Å². The molecule has 1 aliphatic rings. The molecule has 0 spiro atoms. The van der Waals surface area contributed by atoms with E-state index < -0.39 is 5.54 Å². The van der Waals surface area contributed by atoms with Crippen molar-refractivity contribution >= 4 is 17.5 Å². The summed E-state index contributed by atoms with van der Waals surface area (Å²) in [7, 11) is 1.80. The standard InChI is InChI=1S/C18H24N6O/c1-5-24(4)17(25)18(2,3)23-14-8-10-20-16(22-14)13-11-21-15-12(13)7-6-9-19-15/h6-10,13H,5,11H2,1-4H3,(H,19,21)(H,20,22,23). The molecule has 3 rings (SSSR count). The van der Waals surface area contributed by atoms with Crippen LogP contribution in [0.25, 0.3) is 0 Å². The van der Waals surface area contributed by atoms with Crippen molar-refractivity contribution in [2.75, 3.05) is 30.8 Å². The van der Waals surface area contributed by atoms with E-state index in [-0.39, 0.29) is 11.8 Å². The van der Waals surface area contributed by atoms with Crippen molar-refractivity contribution in [3.8, 4) is 0 Å². The Morgan fingerprint density at radius 1 is 1.36 bits per heavy atom. The molecule has 0 radical (unpaired) electrons. The van der Waals surface area contributed by atoms with Crippen molar-refractivity contribution in [2.45, 2.75) is 32.2 Å². The van der Waals surface area contributed by atoms with E-state index in [4.69, 9.17) is 0 Å². The normalized spacial score (nSPS) is 16.1. The van der Waals surface area contributed by atoms with E-state index in [9.17, 15) is 4.79 Å². The minimum absolute atomic E-state index is 0.0206. The first-order valence-corrected chi connectivity index (χ1v) is 8.48. The Hall–Kier alpha value is -2.70. The van der Waals surface area contributed by atoms with Crippen LogP contribution in [0.4, 0.5) is 11.6 Å². The first-order chi connectivity index (χ1) is 11.9. The molecule has 1 atom stereocenters. The third kappa shape index (κ3) is 3.40. The number of rotatable bonds is 5. The Bertz CT molecular complexity index is 776. The molecule has 7 heteroatoms. The predicted octanol–water partition coefficient (Wildman–Crippen LogP) is 2.10. The first-order valence-electron chi connectivity index (χ1n) is 8.48. The second kappa shape index (κ2) is 6.66. The summed E-state index contributed by atoms with van der Waals surface area (Å²) < 4.78 is 0. The number of pyridine rings is 1. The molecular weight excluding hydrogens is 316 g/mol. The highest BCUT2D eigenvalue weighted by Gasteiger charge is 2.31. The van der Waals surface area contributed by atoms with Gasteiger partial charge < -0.3 is 15.5 Å². The van der Waals surface area contributed by atoms with Gasteiger partial charge in [0.05, 0.1) is 5.92 Å². The third-order valence-corrected chi connectivity index (χ3v) is 4.47. The van der Waals surface area contributed by atoms with E-state index in [0.29, 0.717) is 12.4 Å². The van der Waals surface area contributed by atoms with E-state index >= 15 is 0 Å². The van der Waals surface area contributed by atoms with E-state index in [0.717, 1.165) is 23.8 Å². The maximum absolute atomic E-state index is 12.5. The number of aromatic nitrogens is 3. The summed E-state index contributed by atoms with van der Waals surface area (Å²) in [6.07, 6.45) is 3.49. The zero-order valence-corrected chi connectivity index (χ0v) is 15.1. The van der Waals surface area contributed by atoms with Crippen LogP contribution >= 0.6 is 0 Å². The number of nitrogens with zero attached hydrogens (tertiary/aromatic N) is 4. The number of carbonyl (C=O) groups excluding carboxylic acids is 1. The quantitative estimate of drug-likeness (QED) is 0.867. The van der Waals surface area contributed by atoms with Gasteiger partial charge in [-0.25, -0.2) is 15.0 Å². The average molecular weight is 340 g/mol. The van der Waals surface area contributed by atoms with E-state index in [1.165, 1.54) is 0 Å².